The minimum atomic E-state index is -0.513. The van der Waals surface area contributed by atoms with Crippen molar-refractivity contribution in [1.82, 2.24) is 10.3 Å². The third kappa shape index (κ3) is 4.14. The molecule has 2 N–H and O–H groups in total. The average Bonchev–Trinajstić information content (AvgIpc) is 2.50. The molecule has 1 aliphatic rings. The molecule has 1 atom stereocenters. The molecule has 0 spiro atoms. The van der Waals surface area contributed by atoms with E-state index in [1.807, 2.05) is 13.8 Å². The SMILES string of the molecule is CCNc1ncc(F)cc1C(=O)NC(C)C1CCOCC1. The van der Waals surface area contributed by atoms with Crippen molar-refractivity contribution in [2.75, 3.05) is 25.1 Å². The molecule has 2 rings (SSSR count). The molecule has 1 amide bonds. The first-order valence-electron chi connectivity index (χ1n) is 7.39. The molecule has 1 aromatic heterocycles. The van der Waals surface area contributed by atoms with Gasteiger partial charge in [-0.05, 0) is 38.7 Å². The smallest absolute Gasteiger partial charge is 0.255 e. The largest absolute Gasteiger partial charge is 0.381 e. The number of halogens is 1. The zero-order valence-corrected chi connectivity index (χ0v) is 12.5. The van der Waals surface area contributed by atoms with Crippen LogP contribution in [-0.4, -0.2) is 36.7 Å². The summed E-state index contributed by atoms with van der Waals surface area (Å²) >= 11 is 0. The fourth-order valence-corrected chi connectivity index (χ4v) is 2.54. The number of pyridine rings is 1. The molecule has 0 radical (unpaired) electrons. The van der Waals surface area contributed by atoms with E-state index >= 15 is 0 Å². The van der Waals surface area contributed by atoms with Crippen molar-refractivity contribution in [3.63, 3.8) is 0 Å². The number of nitrogens with zero attached hydrogens (tertiary/aromatic N) is 1. The van der Waals surface area contributed by atoms with Crippen LogP contribution in [-0.2, 0) is 4.74 Å². The molecule has 1 aliphatic heterocycles. The molecular formula is C15H22FN3O2. The topological polar surface area (TPSA) is 63.2 Å². The Morgan fingerprint density at radius 2 is 2.24 bits per heavy atom. The number of ether oxygens (including phenoxy) is 1. The summed E-state index contributed by atoms with van der Waals surface area (Å²) in [5, 5.41) is 5.93. The van der Waals surface area contributed by atoms with E-state index in [0.29, 0.717) is 18.3 Å². The van der Waals surface area contributed by atoms with Crippen LogP contribution in [0, 0.1) is 11.7 Å². The Balaban J connectivity index is 2.06. The molecule has 1 aromatic rings. The maximum Gasteiger partial charge on any atom is 0.255 e. The van der Waals surface area contributed by atoms with Gasteiger partial charge in [0.2, 0.25) is 0 Å². The molecule has 1 fully saturated rings. The van der Waals surface area contributed by atoms with E-state index in [9.17, 15) is 9.18 Å². The van der Waals surface area contributed by atoms with Crippen molar-refractivity contribution in [2.24, 2.45) is 5.92 Å². The van der Waals surface area contributed by atoms with E-state index in [-0.39, 0.29) is 17.5 Å². The van der Waals surface area contributed by atoms with Crippen LogP contribution in [0.2, 0.25) is 0 Å². The highest BCUT2D eigenvalue weighted by molar-refractivity contribution is 5.98. The number of hydrogen-bond acceptors (Lipinski definition) is 4. The first-order valence-corrected chi connectivity index (χ1v) is 7.39. The van der Waals surface area contributed by atoms with E-state index in [1.165, 1.54) is 6.07 Å². The minimum Gasteiger partial charge on any atom is -0.381 e. The highest BCUT2D eigenvalue weighted by Gasteiger charge is 2.23. The van der Waals surface area contributed by atoms with Crippen LogP contribution in [0.1, 0.15) is 37.0 Å². The van der Waals surface area contributed by atoms with Gasteiger partial charge in [-0.25, -0.2) is 9.37 Å². The van der Waals surface area contributed by atoms with Crippen LogP contribution in [0.4, 0.5) is 10.2 Å². The van der Waals surface area contributed by atoms with Gasteiger partial charge < -0.3 is 15.4 Å². The summed E-state index contributed by atoms with van der Waals surface area (Å²) in [7, 11) is 0. The zero-order chi connectivity index (χ0) is 15.2. The molecule has 0 aliphatic carbocycles. The predicted molar refractivity (Wildman–Crippen MR) is 78.8 cm³/mol. The van der Waals surface area contributed by atoms with Gasteiger partial charge in [-0.1, -0.05) is 0 Å². The Morgan fingerprint density at radius 1 is 1.52 bits per heavy atom. The van der Waals surface area contributed by atoms with Crippen molar-refractivity contribution in [1.29, 1.82) is 0 Å². The number of amides is 1. The number of carbonyl (C=O) groups is 1. The van der Waals surface area contributed by atoms with E-state index in [4.69, 9.17) is 4.74 Å². The first-order chi connectivity index (χ1) is 10.1. The molecule has 0 bridgehead atoms. The highest BCUT2D eigenvalue weighted by atomic mass is 19.1. The Kier molecular flexibility index (Phi) is 5.50. The quantitative estimate of drug-likeness (QED) is 0.874. The zero-order valence-electron chi connectivity index (χ0n) is 12.5. The third-order valence-electron chi connectivity index (χ3n) is 3.78. The summed E-state index contributed by atoms with van der Waals surface area (Å²) in [5.41, 5.74) is 0.246. The number of anilines is 1. The van der Waals surface area contributed by atoms with Crippen molar-refractivity contribution >= 4 is 11.7 Å². The first kappa shape index (κ1) is 15.7. The number of aromatic nitrogens is 1. The normalized spacial score (nSPS) is 17.3. The van der Waals surface area contributed by atoms with Gasteiger partial charge in [0.1, 0.15) is 11.6 Å². The van der Waals surface area contributed by atoms with Gasteiger partial charge in [-0.3, -0.25) is 4.79 Å². The number of nitrogens with one attached hydrogen (secondary N) is 2. The van der Waals surface area contributed by atoms with Crippen LogP contribution >= 0.6 is 0 Å². The van der Waals surface area contributed by atoms with Gasteiger partial charge in [0.25, 0.3) is 5.91 Å². The molecule has 1 saturated heterocycles. The van der Waals surface area contributed by atoms with Gasteiger partial charge in [0.05, 0.1) is 11.8 Å². The van der Waals surface area contributed by atoms with Gasteiger partial charge in [-0.2, -0.15) is 0 Å². The molecule has 0 aromatic carbocycles. The Labute approximate surface area is 124 Å². The van der Waals surface area contributed by atoms with E-state index < -0.39 is 5.82 Å². The van der Waals surface area contributed by atoms with Gasteiger partial charge >= 0.3 is 0 Å². The molecule has 0 saturated carbocycles. The maximum absolute atomic E-state index is 13.4. The molecule has 116 valence electrons. The average molecular weight is 295 g/mol. The maximum atomic E-state index is 13.4. The van der Waals surface area contributed by atoms with Gasteiger partial charge in [0, 0.05) is 25.8 Å². The van der Waals surface area contributed by atoms with E-state index in [0.717, 1.165) is 32.3 Å². The van der Waals surface area contributed by atoms with E-state index in [1.54, 1.807) is 0 Å². The second kappa shape index (κ2) is 7.36. The van der Waals surface area contributed by atoms with Crippen LogP contribution in [0.25, 0.3) is 0 Å². The summed E-state index contributed by atoms with van der Waals surface area (Å²) in [5.74, 6) is -0.000144. The lowest BCUT2D eigenvalue weighted by molar-refractivity contribution is 0.0538. The summed E-state index contributed by atoms with van der Waals surface area (Å²) in [6, 6.07) is 1.25. The number of carbonyl (C=O) groups excluding carboxylic acids is 1. The lowest BCUT2D eigenvalue weighted by atomic mass is 9.93. The minimum absolute atomic E-state index is 0.0270. The van der Waals surface area contributed by atoms with E-state index in [2.05, 4.69) is 15.6 Å². The molecule has 2 heterocycles. The van der Waals surface area contributed by atoms with Crippen LogP contribution in [0.15, 0.2) is 12.3 Å². The molecule has 21 heavy (non-hydrogen) atoms. The van der Waals surface area contributed by atoms with Crippen LogP contribution < -0.4 is 10.6 Å². The third-order valence-corrected chi connectivity index (χ3v) is 3.78. The fourth-order valence-electron chi connectivity index (χ4n) is 2.54. The second-order valence-corrected chi connectivity index (χ2v) is 5.29. The molecule has 6 heteroatoms. The Hall–Kier alpha value is -1.69. The van der Waals surface area contributed by atoms with Gasteiger partial charge in [-0.15, -0.1) is 0 Å². The van der Waals surface area contributed by atoms with Crippen LogP contribution in [0.3, 0.4) is 0 Å². The number of rotatable bonds is 5. The Bertz CT molecular complexity index is 490. The highest BCUT2D eigenvalue weighted by Crippen LogP contribution is 2.20. The second-order valence-electron chi connectivity index (χ2n) is 5.29. The molecule has 1 unspecified atom stereocenters. The van der Waals surface area contributed by atoms with Crippen molar-refractivity contribution in [2.45, 2.75) is 32.7 Å². The molecular weight excluding hydrogens is 273 g/mol. The fraction of sp³-hybridized carbons (Fsp3) is 0.600. The monoisotopic (exact) mass is 295 g/mol. The summed E-state index contributed by atoms with van der Waals surface area (Å²) < 4.78 is 18.7. The summed E-state index contributed by atoms with van der Waals surface area (Å²) in [6.07, 6.45) is 2.97. The lowest BCUT2D eigenvalue weighted by Gasteiger charge is -2.28. The lowest BCUT2D eigenvalue weighted by Crippen LogP contribution is -2.40. The number of hydrogen-bond donors (Lipinski definition) is 2. The standard InChI is InChI=1S/C15H22FN3O2/c1-3-17-14-13(8-12(16)9-18-14)15(20)19-10(2)11-4-6-21-7-5-11/h8-11H,3-7H2,1-2H3,(H,17,18)(H,19,20). The van der Waals surface area contributed by atoms with Gasteiger partial charge in [0.15, 0.2) is 0 Å². The van der Waals surface area contributed by atoms with Crippen molar-refractivity contribution in [3.8, 4) is 0 Å². The van der Waals surface area contributed by atoms with Crippen LogP contribution in [0.5, 0.6) is 0 Å². The predicted octanol–water partition coefficient (Wildman–Crippen LogP) is 2.20. The molecule has 5 nitrogen and oxygen atoms in total. The van der Waals surface area contributed by atoms with Crippen molar-refractivity contribution < 1.29 is 13.9 Å². The summed E-state index contributed by atoms with van der Waals surface area (Å²) in [4.78, 5) is 16.3. The summed E-state index contributed by atoms with van der Waals surface area (Å²) in [6.45, 7) is 5.96. The van der Waals surface area contributed by atoms with Crippen molar-refractivity contribution in [3.05, 3.63) is 23.6 Å². The Morgan fingerprint density at radius 3 is 2.90 bits per heavy atom.